The SMILES string of the molecule is COC(=O)CCC(=O)N1CC2Cc3ccccc3N2C(=O)c2cc(OC)c(OCc3ccccc3)cc21. The van der Waals surface area contributed by atoms with Crippen molar-refractivity contribution in [1.29, 1.82) is 0 Å². The minimum absolute atomic E-state index is 0.0355. The van der Waals surface area contributed by atoms with E-state index < -0.39 is 5.97 Å². The van der Waals surface area contributed by atoms with Crippen molar-refractivity contribution in [3.8, 4) is 11.5 Å². The number of benzene rings is 3. The first kappa shape index (κ1) is 24.4. The van der Waals surface area contributed by atoms with Crippen LogP contribution in [-0.4, -0.2) is 44.6 Å². The van der Waals surface area contributed by atoms with Crippen molar-refractivity contribution in [2.45, 2.75) is 31.9 Å². The molecule has 1 atom stereocenters. The number of amides is 2. The van der Waals surface area contributed by atoms with E-state index in [1.54, 1.807) is 21.9 Å². The topological polar surface area (TPSA) is 85.4 Å². The predicted molar refractivity (Wildman–Crippen MR) is 138 cm³/mol. The number of esters is 1. The highest BCUT2D eigenvalue weighted by molar-refractivity contribution is 6.15. The molecule has 2 aliphatic heterocycles. The summed E-state index contributed by atoms with van der Waals surface area (Å²) in [4.78, 5) is 42.5. The van der Waals surface area contributed by atoms with Crippen LogP contribution in [0, 0.1) is 0 Å². The third-order valence-electron chi connectivity index (χ3n) is 6.80. The maximum atomic E-state index is 13.9. The van der Waals surface area contributed by atoms with E-state index in [0.717, 1.165) is 16.8 Å². The van der Waals surface area contributed by atoms with Crippen LogP contribution in [0.3, 0.4) is 0 Å². The van der Waals surface area contributed by atoms with Gasteiger partial charge >= 0.3 is 5.97 Å². The monoisotopic (exact) mass is 500 g/mol. The molecular weight excluding hydrogens is 472 g/mol. The number of fused-ring (bicyclic) bond motifs is 4. The first-order valence-electron chi connectivity index (χ1n) is 12.2. The molecule has 3 aromatic carbocycles. The highest BCUT2D eigenvalue weighted by Crippen LogP contribution is 2.42. The normalized spacial score (nSPS) is 15.8. The largest absolute Gasteiger partial charge is 0.493 e. The van der Waals surface area contributed by atoms with Gasteiger partial charge < -0.3 is 24.0 Å². The lowest BCUT2D eigenvalue weighted by molar-refractivity contribution is -0.141. The molecule has 0 bridgehead atoms. The summed E-state index contributed by atoms with van der Waals surface area (Å²) in [5, 5.41) is 0. The van der Waals surface area contributed by atoms with E-state index in [1.165, 1.54) is 14.2 Å². The van der Waals surface area contributed by atoms with Gasteiger partial charge in [0.25, 0.3) is 5.91 Å². The molecule has 1 unspecified atom stereocenters. The standard InChI is InChI=1S/C29H28N2O6/c1-35-25-15-22-24(16-26(25)37-18-19-8-4-3-5-9-19)30(27(32)12-13-28(33)36-2)17-21-14-20-10-6-7-11-23(20)31(21)29(22)34/h3-11,15-16,21H,12-14,17-18H2,1-2H3. The molecule has 3 aromatic rings. The van der Waals surface area contributed by atoms with Gasteiger partial charge in [0, 0.05) is 24.7 Å². The number of nitrogens with zero attached hydrogens (tertiary/aromatic N) is 2. The number of hydrogen-bond acceptors (Lipinski definition) is 6. The molecule has 0 aromatic heterocycles. The fourth-order valence-electron chi connectivity index (χ4n) is 4.95. The molecule has 37 heavy (non-hydrogen) atoms. The number of anilines is 2. The van der Waals surface area contributed by atoms with Crippen LogP contribution in [-0.2, 0) is 27.4 Å². The molecule has 0 N–H and O–H groups in total. The van der Waals surface area contributed by atoms with Crippen molar-refractivity contribution in [1.82, 2.24) is 0 Å². The molecular formula is C29H28N2O6. The number of rotatable bonds is 7. The molecule has 0 radical (unpaired) electrons. The summed E-state index contributed by atoms with van der Waals surface area (Å²) in [5.74, 6) is -0.115. The quantitative estimate of drug-likeness (QED) is 0.453. The zero-order valence-corrected chi connectivity index (χ0v) is 20.8. The summed E-state index contributed by atoms with van der Waals surface area (Å²) in [6, 6.07) is 20.6. The number of ether oxygens (including phenoxy) is 3. The van der Waals surface area contributed by atoms with Crippen LogP contribution >= 0.6 is 0 Å². The predicted octanol–water partition coefficient (Wildman–Crippen LogP) is 4.15. The highest BCUT2D eigenvalue weighted by atomic mass is 16.5. The zero-order chi connectivity index (χ0) is 25.9. The fourth-order valence-corrected chi connectivity index (χ4v) is 4.95. The Morgan fingerprint density at radius 2 is 1.68 bits per heavy atom. The third-order valence-corrected chi connectivity index (χ3v) is 6.80. The van der Waals surface area contributed by atoms with Gasteiger partial charge in [-0.3, -0.25) is 14.4 Å². The van der Waals surface area contributed by atoms with Crippen LogP contribution in [0.4, 0.5) is 11.4 Å². The first-order chi connectivity index (χ1) is 18.0. The van der Waals surface area contributed by atoms with E-state index >= 15 is 0 Å². The average Bonchev–Trinajstić information content (AvgIpc) is 3.25. The van der Waals surface area contributed by atoms with Crippen molar-refractivity contribution < 1.29 is 28.6 Å². The second-order valence-electron chi connectivity index (χ2n) is 9.04. The summed E-state index contributed by atoms with van der Waals surface area (Å²) in [7, 11) is 2.81. The Morgan fingerprint density at radius 3 is 2.43 bits per heavy atom. The fraction of sp³-hybridized carbons (Fsp3) is 0.276. The van der Waals surface area contributed by atoms with E-state index in [0.29, 0.717) is 35.8 Å². The molecule has 2 amide bonds. The zero-order valence-electron chi connectivity index (χ0n) is 20.8. The molecule has 5 rings (SSSR count). The first-order valence-corrected chi connectivity index (χ1v) is 12.2. The molecule has 8 nitrogen and oxygen atoms in total. The molecule has 2 heterocycles. The van der Waals surface area contributed by atoms with Gasteiger partial charge in [0.2, 0.25) is 5.91 Å². The number of methoxy groups -OCH3 is 2. The van der Waals surface area contributed by atoms with Crippen LogP contribution in [0.15, 0.2) is 66.7 Å². The number of carbonyl (C=O) groups excluding carboxylic acids is 3. The lowest BCUT2D eigenvalue weighted by Gasteiger charge is -2.27. The Bertz CT molecular complexity index is 1340. The van der Waals surface area contributed by atoms with Crippen molar-refractivity contribution in [3.63, 3.8) is 0 Å². The minimum atomic E-state index is -0.462. The van der Waals surface area contributed by atoms with Gasteiger partial charge in [-0.05, 0) is 29.7 Å². The van der Waals surface area contributed by atoms with Gasteiger partial charge in [-0.2, -0.15) is 0 Å². The van der Waals surface area contributed by atoms with Crippen molar-refractivity contribution in [3.05, 3.63) is 83.4 Å². The molecule has 190 valence electrons. The molecule has 0 aliphatic carbocycles. The molecule has 0 saturated heterocycles. The van der Waals surface area contributed by atoms with Crippen LogP contribution in [0.2, 0.25) is 0 Å². The molecule has 2 aliphatic rings. The van der Waals surface area contributed by atoms with Gasteiger partial charge in [-0.1, -0.05) is 48.5 Å². The van der Waals surface area contributed by atoms with Gasteiger partial charge in [-0.25, -0.2) is 0 Å². The minimum Gasteiger partial charge on any atom is -0.493 e. The van der Waals surface area contributed by atoms with E-state index in [4.69, 9.17) is 14.2 Å². The van der Waals surface area contributed by atoms with Crippen LogP contribution in [0.1, 0.15) is 34.3 Å². The third kappa shape index (κ3) is 4.74. The second-order valence-corrected chi connectivity index (χ2v) is 9.04. The van der Waals surface area contributed by atoms with Gasteiger partial charge in [0.05, 0.1) is 37.9 Å². The van der Waals surface area contributed by atoms with Crippen LogP contribution < -0.4 is 19.3 Å². The maximum Gasteiger partial charge on any atom is 0.306 e. The van der Waals surface area contributed by atoms with E-state index in [-0.39, 0.29) is 37.2 Å². The van der Waals surface area contributed by atoms with Gasteiger partial charge in [0.1, 0.15) is 6.61 Å². The molecule has 0 saturated carbocycles. The van der Waals surface area contributed by atoms with Crippen molar-refractivity contribution >= 4 is 29.2 Å². The number of hydrogen-bond donors (Lipinski definition) is 0. The lowest BCUT2D eigenvalue weighted by atomic mass is 10.1. The van der Waals surface area contributed by atoms with E-state index in [1.807, 2.05) is 54.6 Å². The summed E-state index contributed by atoms with van der Waals surface area (Å²) in [5.41, 5.74) is 3.65. The Balaban J connectivity index is 1.56. The lowest BCUT2D eigenvalue weighted by Crippen LogP contribution is -2.44. The van der Waals surface area contributed by atoms with Crippen molar-refractivity contribution in [2.24, 2.45) is 0 Å². The van der Waals surface area contributed by atoms with Crippen LogP contribution in [0.25, 0.3) is 0 Å². The number of carbonyl (C=O) groups is 3. The molecule has 8 heteroatoms. The summed E-state index contributed by atoms with van der Waals surface area (Å²) in [6.07, 6.45) is 0.550. The van der Waals surface area contributed by atoms with Crippen molar-refractivity contribution in [2.75, 3.05) is 30.6 Å². The van der Waals surface area contributed by atoms with E-state index in [9.17, 15) is 14.4 Å². The summed E-state index contributed by atoms with van der Waals surface area (Å²) >= 11 is 0. The highest BCUT2D eigenvalue weighted by Gasteiger charge is 2.41. The molecule has 0 spiro atoms. The van der Waals surface area contributed by atoms with E-state index in [2.05, 4.69) is 0 Å². The number of para-hydroxylation sites is 1. The Hall–Kier alpha value is -4.33. The summed E-state index contributed by atoms with van der Waals surface area (Å²) in [6.45, 7) is 0.584. The molecule has 0 fully saturated rings. The average molecular weight is 501 g/mol. The smallest absolute Gasteiger partial charge is 0.306 e. The Labute approximate surface area is 215 Å². The van der Waals surface area contributed by atoms with Crippen LogP contribution in [0.5, 0.6) is 11.5 Å². The van der Waals surface area contributed by atoms with Gasteiger partial charge in [0.15, 0.2) is 11.5 Å². The Morgan fingerprint density at radius 1 is 0.919 bits per heavy atom. The maximum absolute atomic E-state index is 13.9. The summed E-state index contributed by atoms with van der Waals surface area (Å²) < 4.78 is 16.4. The second kappa shape index (κ2) is 10.3. The Kier molecular flexibility index (Phi) is 6.81. The van der Waals surface area contributed by atoms with Gasteiger partial charge in [-0.15, -0.1) is 0 Å².